The highest BCUT2D eigenvalue weighted by Gasteiger charge is 2.28. The number of carbonyl (C=O) groups is 2. The zero-order valence-corrected chi connectivity index (χ0v) is 26.0. The Labute approximate surface area is 258 Å². The van der Waals surface area contributed by atoms with Gasteiger partial charge >= 0.3 is 12.1 Å². The number of aryl methyl sites for hydroxylation is 1. The molecule has 9 nitrogen and oxygen atoms in total. The lowest BCUT2D eigenvalue weighted by atomic mass is 10.1. The molecule has 0 aliphatic carbocycles. The highest BCUT2D eigenvalue weighted by molar-refractivity contribution is 5.95. The van der Waals surface area contributed by atoms with Crippen molar-refractivity contribution in [2.45, 2.75) is 52.6 Å². The monoisotopic (exact) mass is 597 g/mol. The Kier molecular flexibility index (Phi) is 9.23. The Hall–Kier alpha value is -4.79. The van der Waals surface area contributed by atoms with Crippen molar-refractivity contribution < 1.29 is 28.5 Å². The van der Waals surface area contributed by atoms with E-state index in [1.165, 1.54) is 6.08 Å². The first kappa shape index (κ1) is 30.7. The predicted molar refractivity (Wildman–Crippen MR) is 170 cm³/mol. The number of amides is 1. The molecule has 0 spiro atoms. The number of hydrogen-bond donors (Lipinski definition) is 0. The number of ether oxygens (including phenoxy) is 4. The molecule has 0 radical (unpaired) electrons. The van der Waals surface area contributed by atoms with E-state index in [1.807, 2.05) is 92.2 Å². The normalized spacial score (nSPS) is 13.4. The van der Waals surface area contributed by atoms with Crippen LogP contribution in [0.5, 0.6) is 11.5 Å². The summed E-state index contributed by atoms with van der Waals surface area (Å²) in [7, 11) is 1.62. The second kappa shape index (κ2) is 13.2. The van der Waals surface area contributed by atoms with Crippen LogP contribution < -0.4 is 14.4 Å². The molecule has 2 aromatic heterocycles. The average Bonchev–Trinajstić information content (AvgIpc) is 3.42. The number of carbonyl (C=O) groups excluding carboxylic acids is 2. The number of benzene rings is 2. The largest absolute Gasteiger partial charge is 0.497 e. The number of nitrogens with zero attached hydrogens (tertiary/aromatic N) is 3. The number of pyridine rings is 1. The number of anilines is 1. The van der Waals surface area contributed by atoms with Crippen LogP contribution >= 0.6 is 0 Å². The van der Waals surface area contributed by atoms with Crippen molar-refractivity contribution in [1.29, 1.82) is 0 Å². The van der Waals surface area contributed by atoms with E-state index in [1.54, 1.807) is 18.9 Å². The van der Waals surface area contributed by atoms with Crippen LogP contribution in [0.4, 0.5) is 10.6 Å². The van der Waals surface area contributed by atoms with Gasteiger partial charge in [-0.2, -0.15) is 0 Å². The van der Waals surface area contributed by atoms with E-state index >= 15 is 0 Å². The van der Waals surface area contributed by atoms with Crippen molar-refractivity contribution in [3.05, 3.63) is 89.8 Å². The minimum Gasteiger partial charge on any atom is -0.497 e. The minimum absolute atomic E-state index is 0.293. The first-order valence-corrected chi connectivity index (χ1v) is 14.9. The SMILES string of the molecule is CCOC(=O)/C=C(\c1ccc(OC)cc1)n1ccc2cc(OCCc3ccc4c(n3)N(C(=O)OC(C)(C)C)CCC4)ccc21. The smallest absolute Gasteiger partial charge is 0.416 e. The molecule has 44 heavy (non-hydrogen) atoms. The van der Waals surface area contributed by atoms with Gasteiger partial charge in [0.05, 0.1) is 31.5 Å². The van der Waals surface area contributed by atoms with Crippen molar-refractivity contribution in [3.8, 4) is 11.5 Å². The Morgan fingerprint density at radius 3 is 2.50 bits per heavy atom. The third-order valence-electron chi connectivity index (χ3n) is 7.19. The van der Waals surface area contributed by atoms with Gasteiger partial charge in [0.1, 0.15) is 22.9 Å². The van der Waals surface area contributed by atoms with Crippen molar-refractivity contribution in [1.82, 2.24) is 9.55 Å². The van der Waals surface area contributed by atoms with Crippen LogP contribution in [0.2, 0.25) is 0 Å². The summed E-state index contributed by atoms with van der Waals surface area (Å²) in [6, 6.07) is 19.4. The molecule has 1 aliphatic heterocycles. The quantitative estimate of drug-likeness (QED) is 0.155. The number of aromatic nitrogens is 2. The second-order valence-electron chi connectivity index (χ2n) is 11.5. The van der Waals surface area contributed by atoms with E-state index in [4.69, 9.17) is 23.9 Å². The van der Waals surface area contributed by atoms with E-state index in [2.05, 4.69) is 0 Å². The molecule has 4 aromatic rings. The molecule has 9 heteroatoms. The fourth-order valence-corrected chi connectivity index (χ4v) is 5.16. The Morgan fingerprint density at radius 2 is 1.77 bits per heavy atom. The lowest BCUT2D eigenvalue weighted by Gasteiger charge is -2.31. The van der Waals surface area contributed by atoms with E-state index < -0.39 is 11.6 Å². The van der Waals surface area contributed by atoms with Crippen LogP contribution in [-0.4, -0.2) is 54.1 Å². The fraction of sp³-hybridized carbons (Fsp3) is 0.343. The van der Waals surface area contributed by atoms with Crippen LogP contribution in [-0.2, 0) is 27.1 Å². The molecule has 0 fully saturated rings. The van der Waals surface area contributed by atoms with Crippen LogP contribution in [0.25, 0.3) is 16.6 Å². The summed E-state index contributed by atoms with van der Waals surface area (Å²) < 4.78 is 24.2. The zero-order valence-electron chi connectivity index (χ0n) is 26.0. The summed E-state index contributed by atoms with van der Waals surface area (Å²) in [6.45, 7) is 8.68. The highest BCUT2D eigenvalue weighted by atomic mass is 16.6. The Bertz CT molecular complexity index is 1670. The first-order valence-electron chi connectivity index (χ1n) is 14.9. The summed E-state index contributed by atoms with van der Waals surface area (Å²) in [6.07, 6.45) is 5.40. The first-order chi connectivity index (χ1) is 21.1. The summed E-state index contributed by atoms with van der Waals surface area (Å²) >= 11 is 0. The van der Waals surface area contributed by atoms with E-state index in [0.29, 0.717) is 37.7 Å². The standard InChI is InChI=1S/C35H39N3O6/c1-6-42-32(39)23-31(24-10-13-28(41-5)14-11-24)37-20-17-26-22-29(15-16-30(26)37)43-21-18-27-12-9-25-8-7-19-38(33(25)36-27)34(40)44-35(2,3)4/h9-17,20,22-23H,6-8,18-19,21H2,1-5H3/b31-23+. The Morgan fingerprint density at radius 1 is 1.00 bits per heavy atom. The third-order valence-corrected chi connectivity index (χ3v) is 7.19. The molecule has 0 saturated heterocycles. The third kappa shape index (κ3) is 7.22. The summed E-state index contributed by atoms with van der Waals surface area (Å²) in [5, 5.41) is 0.964. The lowest BCUT2D eigenvalue weighted by molar-refractivity contribution is -0.137. The molecule has 0 saturated carbocycles. The number of rotatable bonds is 9. The van der Waals surface area contributed by atoms with E-state index in [-0.39, 0.29) is 6.09 Å². The summed E-state index contributed by atoms with van der Waals surface area (Å²) in [5.41, 5.74) is 3.78. The molecule has 1 aliphatic rings. The molecule has 0 unspecified atom stereocenters. The van der Waals surface area contributed by atoms with Gasteiger partial charge in [-0.15, -0.1) is 0 Å². The number of esters is 1. The molecule has 3 heterocycles. The van der Waals surface area contributed by atoms with Crippen molar-refractivity contribution in [3.63, 3.8) is 0 Å². The van der Waals surface area contributed by atoms with E-state index in [9.17, 15) is 9.59 Å². The Balaban J connectivity index is 1.31. The van der Waals surface area contributed by atoms with E-state index in [0.717, 1.165) is 52.1 Å². The molecule has 0 N–H and O–H groups in total. The number of fused-ring (bicyclic) bond motifs is 2. The topological polar surface area (TPSA) is 92.1 Å². The van der Waals surface area contributed by atoms with Crippen molar-refractivity contribution >= 4 is 34.5 Å². The maximum Gasteiger partial charge on any atom is 0.416 e. The number of methoxy groups -OCH3 is 1. The van der Waals surface area contributed by atoms with Crippen molar-refractivity contribution in [2.24, 2.45) is 0 Å². The maximum absolute atomic E-state index is 12.8. The van der Waals surface area contributed by atoms with Gasteiger partial charge in [0, 0.05) is 36.3 Å². The maximum atomic E-state index is 12.8. The second-order valence-corrected chi connectivity index (χ2v) is 11.5. The summed E-state index contributed by atoms with van der Waals surface area (Å²) in [4.78, 5) is 31.8. The molecule has 2 aromatic carbocycles. The fourth-order valence-electron chi connectivity index (χ4n) is 5.16. The van der Waals surface area contributed by atoms with Gasteiger partial charge in [0.2, 0.25) is 0 Å². The lowest BCUT2D eigenvalue weighted by Crippen LogP contribution is -2.40. The number of hydrogen-bond acceptors (Lipinski definition) is 7. The van der Waals surface area contributed by atoms with Gasteiger partial charge in [-0.3, -0.25) is 4.90 Å². The van der Waals surface area contributed by atoms with Crippen LogP contribution in [0, 0.1) is 0 Å². The van der Waals surface area contributed by atoms with Gasteiger partial charge in [0.25, 0.3) is 0 Å². The minimum atomic E-state index is -0.573. The van der Waals surface area contributed by atoms with Crippen LogP contribution in [0.3, 0.4) is 0 Å². The van der Waals surface area contributed by atoms with Crippen LogP contribution in [0.1, 0.15) is 50.9 Å². The van der Waals surface area contributed by atoms with Crippen molar-refractivity contribution in [2.75, 3.05) is 31.8 Å². The van der Waals surface area contributed by atoms with Gasteiger partial charge in [-0.05, 0) is 106 Å². The molecule has 0 atom stereocenters. The molecule has 0 bridgehead atoms. The predicted octanol–water partition coefficient (Wildman–Crippen LogP) is 6.81. The van der Waals surface area contributed by atoms with Gasteiger partial charge in [0.15, 0.2) is 0 Å². The van der Waals surface area contributed by atoms with Gasteiger partial charge in [-0.1, -0.05) is 6.07 Å². The molecule has 1 amide bonds. The molecule has 230 valence electrons. The highest BCUT2D eigenvalue weighted by Crippen LogP contribution is 2.30. The molecular weight excluding hydrogens is 558 g/mol. The molecule has 5 rings (SSSR count). The average molecular weight is 598 g/mol. The van der Waals surface area contributed by atoms with Crippen LogP contribution in [0.15, 0.2) is 72.9 Å². The van der Waals surface area contributed by atoms with Gasteiger partial charge in [-0.25, -0.2) is 14.6 Å². The summed E-state index contributed by atoms with van der Waals surface area (Å²) in [5.74, 6) is 1.72. The van der Waals surface area contributed by atoms with Gasteiger partial charge < -0.3 is 23.5 Å². The molecular formula is C35H39N3O6. The zero-order chi connectivity index (χ0) is 31.3.